The molecule has 146 valence electrons. The van der Waals surface area contributed by atoms with Crippen LogP contribution in [0.5, 0.6) is 5.75 Å². The highest BCUT2D eigenvalue weighted by Gasteiger charge is 2.26. The first-order chi connectivity index (χ1) is 12.0. The van der Waals surface area contributed by atoms with Crippen molar-refractivity contribution in [3.8, 4) is 5.75 Å². The Morgan fingerprint density at radius 1 is 1.38 bits per heavy atom. The van der Waals surface area contributed by atoms with E-state index in [1.165, 1.54) is 7.11 Å². The fourth-order valence-corrected chi connectivity index (χ4v) is 4.07. The van der Waals surface area contributed by atoms with Crippen LogP contribution in [0.3, 0.4) is 0 Å². The highest BCUT2D eigenvalue weighted by atomic mass is 32.2. The third-order valence-electron chi connectivity index (χ3n) is 4.09. The molecule has 0 radical (unpaired) electrons. The van der Waals surface area contributed by atoms with Gasteiger partial charge in [-0.2, -0.15) is 13.1 Å². The van der Waals surface area contributed by atoms with E-state index in [1.807, 2.05) is 0 Å². The fourth-order valence-electron chi connectivity index (χ4n) is 2.57. The average Bonchev–Trinajstić information content (AvgIpc) is 2.53. The number of sulfonamides is 1. The summed E-state index contributed by atoms with van der Waals surface area (Å²) in [7, 11) is -2.35. The van der Waals surface area contributed by atoms with Crippen molar-refractivity contribution in [3.63, 3.8) is 0 Å². The molecular formula is C16H27N4O5S+. The molecule has 0 aliphatic heterocycles. The Hall–Kier alpha value is -2.33. The second-order valence-electron chi connectivity index (χ2n) is 6.08. The van der Waals surface area contributed by atoms with Crippen molar-refractivity contribution in [2.24, 2.45) is 5.73 Å². The van der Waals surface area contributed by atoms with Gasteiger partial charge in [0.25, 0.3) is 0 Å². The summed E-state index contributed by atoms with van der Waals surface area (Å²) < 4.78 is 32.9. The van der Waals surface area contributed by atoms with E-state index in [-0.39, 0.29) is 10.9 Å². The number of quaternary nitrogens is 1. The largest absolute Gasteiger partial charge is 0.544 e. The number of nitrogens with one attached hydrogen (secondary N) is 2. The van der Waals surface area contributed by atoms with Crippen LogP contribution in [0, 0.1) is 20.8 Å². The van der Waals surface area contributed by atoms with Gasteiger partial charge in [0.15, 0.2) is 0 Å². The number of hydrogen-bond donors (Lipinski definition) is 4. The number of aliphatic carboxylic acids is 1. The van der Waals surface area contributed by atoms with E-state index >= 15 is 0 Å². The van der Waals surface area contributed by atoms with Crippen molar-refractivity contribution in [2.75, 3.05) is 13.7 Å². The predicted molar refractivity (Wildman–Crippen MR) is 93.5 cm³/mol. The van der Waals surface area contributed by atoms with Gasteiger partial charge in [-0.25, -0.2) is 0 Å². The maximum Gasteiger partial charge on any atom is 0.356 e. The Bertz CT molecular complexity index is 805. The molecule has 0 saturated carbocycles. The molecule has 0 aliphatic rings. The van der Waals surface area contributed by atoms with Crippen LogP contribution in [-0.2, 0) is 14.8 Å². The van der Waals surface area contributed by atoms with E-state index in [9.17, 15) is 18.3 Å². The molecule has 1 aromatic carbocycles. The van der Waals surface area contributed by atoms with Gasteiger partial charge in [0.2, 0.25) is 0 Å². The smallest absolute Gasteiger partial charge is 0.356 e. The van der Waals surface area contributed by atoms with Crippen LogP contribution >= 0.6 is 0 Å². The van der Waals surface area contributed by atoms with Crippen LogP contribution in [0.15, 0.2) is 11.0 Å². The molecule has 0 saturated heterocycles. The van der Waals surface area contributed by atoms with Crippen molar-refractivity contribution in [1.29, 1.82) is 0 Å². The average molecular weight is 387 g/mol. The number of hydrogen-bond acceptors (Lipinski definition) is 5. The summed E-state index contributed by atoms with van der Waals surface area (Å²) >= 11 is 0. The van der Waals surface area contributed by atoms with Gasteiger partial charge in [-0.1, -0.05) is 0 Å². The van der Waals surface area contributed by atoms with Crippen molar-refractivity contribution in [3.05, 3.63) is 22.8 Å². The van der Waals surface area contributed by atoms with E-state index in [0.717, 1.165) is 5.56 Å². The van der Waals surface area contributed by atoms with Gasteiger partial charge in [-0.3, -0.25) is 10.7 Å². The van der Waals surface area contributed by atoms with Crippen LogP contribution in [-0.4, -0.2) is 40.0 Å². The molecule has 1 aromatic rings. The van der Waals surface area contributed by atoms with Gasteiger partial charge in [0.05, 0.1) is 19.6 Å². The monoisotopic (exact) mass is 387 g/mol. The molecule has 1 atom stereocenters. The van der Waals surface area contributed by atoms with Crippen LogP contribution in [0.4, 0.5) is 0 Å². The number of carboxylic acid groups (broad SMARTS) is 1. The zero-order valence-electron chi connectivity index (χ0n) is 15.5. The highest BCUT2D eigenvalue weighted by Crippen LogP contribution is 2.30. The minimum Gasteiger partial charge on any atom is -0.544 e. The highest BCUT2D eigenvalue weighted by molar-refractivity contribution is 7.90. The zero-order chi connectivity index (χ0) is 20.1. The molecule has 0 fully saturated rings. The lowest BCUT2D eigenvalue weighted by Gasteiger charge is -2.15. The summed E-state index contributed by atoms with van der Waals surface area (Å²) in [6.45, 7) is 5.47. The van der Waals surface area contributed by atoms with Crippen LogP contribution < -0.4 is 31.0 Å². The van der Waals surface area contributed by atoms with Gasteiger partial charge in [0.1, 0.15) is 16.7 Å². The van der Waals surface area contributed by atoms with E-state index in [1.54, 1.807) is 26.8 Å². The summed E-state index contributed by atoms with van der Waals surface area (Å²) in [6, 6.07) is 0.844. The maximum absolute atomic E-state index is 12.7. The molecule has 0 amide bonds. The number of carboxylic acids is 1. The minimum absolute atomic E-state index is 0.133. The summed E-state index contributed by atoms with van der Waals surface area (Å²) in [5.74, 6) is -0.737. The third kappa shape index (κ3) is 5.33. The number of ether oxygens (including phenoxy) is 1. The summed E-state index contributed by atoms with van der Waals surface area (Å²) in [4.78, 5) is 13.5. The molecule has 0 heterocycles. The van der Waals surface area contributed by atoms with Crippen molar-refractivity contribution in [1.82, 2.24) is 4.72 Å². The van der Waals surface area contributed by atoms with Crippen molar-refractivity contribution >= 4 is 22.0 Å². The Morgan fingerprint density at radius 2 is 2.00 bits per heavy atom. The number of nitrogens with two attached hydrogens (primary N) is 1. The number of aryl methyl sites for hydroxylation is 1. The summed E-state index contributed by atoms with van der Waals surface area (Å²) in [5, 5.41) is 10.6. The first kappa shape index (κ1) is 21.7. The normalized spacial score (nSPS) is 13.3. The third-order valence-corrected chi connectivity index (χ3v) is 5.74. The second-order valence-corrected chi connectivity index (χ2v) is 7.70. The molecule has 0 aromatic heterocycles. The van der Waals surface area contributed by atoms with Gasteiger partial charge in [-0.05, 0) is 49.9 Å². The molecule has 26 heavy (non-hydrogen) atoms. The molecule has 10 heteroatoms. The number of benzene rings is 1. The van der Waals surface area contributed by atoms with E-state index in [4.69, 9.17) is 10.5 Å². The molecule has 7 N–H and O–H groups in total. The standard InChI is InChI=1S/C16H26N4O5S/c1-9-8-13(25-4)10(2)11(3)14(9)26(23,24)20-16(18)19-7-5-6-12(17)15(21)22/h8,12H,5-7,17H2,1-4H3,(H,21,22)(H3,18,19,20)/p+1/t12-/m0/s1. The van der Waals surface area contributed by atoms with E-state index in [0.29, 0.717) is 36.3 Å². The predicted octanol–water partition coefficient (Wildman–Crippen LogP) is -3.57. The molecule has 0 aliphatic carbocycles. The van der Waals surface area contributed by atoms with E-state index in [2.05, 4.69) is 15.4 Å². The van der Waals surface area contributed by atoms with Crippen molar-refractivity contribution in [2.45, 2.75) is 44.6 Å². The molecule has 1 rings (SSSR count). The van der Waals surface area contributed by atoms with Gasteiger partial charge >= 0.3 is 16.0 Å². The summed E-state index contributed by atoms with van der Waals surface area (Å²) in [6.07, 6.45) is 0.746. The lowest BCUT2D eigenvalue weighted by molar-refractivity contribution is -0.467. The number of rotatable bonds is 8. The Kier molecular flexibility index (Phi) is 7.40. The van der Waals surface area contributed by atoms with E-state index < -0.39 is 22.0 Å². The number of guanidine groups is 1. The summed E-state index contributed by atoms with van der Waals surface area (Å²) in [5.41, 5.74) is 11.0. The second kappa shape index (κ2) is 8.86. The number of carbonyl (C=O) groups is 1. The molecule has 0 spiro atoms. The molecule has 0 bridgehead atoms. The van der Waals surface area contributed by atoms with Gasteiger partial charge in [-0.15, -0.1) is 0 Å². The first-order valence-electron chi connectivity index (χ1n) is 8.09. The van der Waals surface area contributed by atoms with Crippen LogP contribution in [0.2, 0.25) is 0 Å². The number of methoxy groups -OCH3 is 1. The molecule has 9 nitrogen and oxygen atoms in total. The zero-order valence-corrected chi connectivity index (χ0v) is 16.3. The maximum atomic E-state index is 12.7. The SMILES string of the molecule is COc1cc(C)c(S(=O)(=O)NC(N)=[NH+]CCC[C@H]([NH3+])C(=O)[O-])c(C)c1C. The topological polar surface area (TPSA) is 163 Å². The lowest BCUT2D eigenvalue weighted by Crippen LogP contribution is -2.79. The Morgan fingerprint density at radius 3 is 2.54 bits per heavy atom. The molecular weight excluding hydrogens is 360 g/mol. The number of carbonyl (C=O) groups excluding carboxylic acids is 1. The Labute approximate surface area is 153 Å². The van der Waals surface area contributed by atoms with Crippen LogP contribution in [0.25, 0.3) is 0 Å². The van der Waals surface area contributed by atoms with Gasteiger partial charge in [0, 0.05) is 6.42 Å². The first-order valence-corrected chi connectivity index (χ1v) is 9.57. The quantitative estimate of drug-likeness (QED) is 0.205. The fraction of sp³-hybridized carbons (Fsp3) is 0.500. The van der Waals surface area contributed by atoms with Crippen molar-refractivity contribution < 1.29 is 33.8 Å². The minimum atomic E-state index is -3.88. The van der Waals surface area contributed by atoms with Gasteiger partial charge < -0.3 is 20.4 Å². The lowest BCUT2D eigenvalue weighted by atomic mass is 10.1. The molecule has 0 unspecified atom stereocenters. The van der Waals surface area contributed by atoms with Crippen LogP contribution in [0.1, 0.15) is 29.5 Å². The Balaban J connectivity index is 2.91.